The Bertz CT molecular complexity index is 902. The van der Waals surface area contributed by atoms with Gasteiger partial charge in [-0.3, -0.25) is 19.3 Å². The van der Waals surface area contributed by atoms with Gasteiger partial charge >= 0.3 is 5.97 Å². The normalized spacial score (nSPS) is 34.6. The number of rotatable bonds is 8. The first-order chi connectivity index (χ1) is 17.6. The second-order valence-electron chi connectivity index (χ2n) is 10.2. The second kappa shape index (κ2) is 11.0. The van der Waals surface area contributed by atoms with E-state index in [0.29, 0.717) is 52.1 Å². The molecule has 5 rings (SSSR count). The number of amides is 2. The van der Waals surface area contributed by atoms with Crippen molar-refractivity contribution in [3.05, 3.63) is 24.3 Å². The molecule has 3 saturated heterocycles. The van der Waals surface area contributed by atoms with Gasteiger partial charge in [-0.15, -0.1) is 0 Å². The number of nitrogens with zero attached hydrogens (tertiary/aromatic N) is 3. The van der Waals surface area contributed by atoms with Gasteiger partial charge in [0.2, 0.25) is 11.8 Å². The minimum absolute atomic E-state index is 0.0893. The average molecular weight is 504 g/mol. The van der Waals surface area contributed by atoms with Crippen molar-refractivity contribution in [2.24, 2.45) is 11.8 Å². The smallest absolute Gasteiger partial charge is 0.312 e. The molecule has 5 aliphatic rings. The lowest BCUT2D eigenvalue weighted by molar-refractivity contribution is -0.155. The molecule has 0 aliphatic carbocycles. The summed E-state index contributed by atoms with van der Waals surface area (Å²) in [6, 6.07) is -0.831. The molecular formula is C26H37N3O7. The van der Waals surface area contributed by atoms with E-state index in [9.17, 15) is 19.5 Å². The number of fused-ring (bicyclic) bond motifs is 2. The third kappa shape index (κ3) is 4.60. The molecule has 5 aliphatic heterocycles. The zero-order valence-corrected chi connectivity index (χ0v) is 20.8. The lowest BCUT2D eigenvalue weighted by Crippen LogP contribution is -2.56. The van der Waals surface area contributed by atoms with Crippen LogP contribution in [0, 0.1) is 11.8 Å². The Morgan fingerprint density at radius 1 is 0.972 bits per heavy atom. The summed E-state index contributed by atoms with van der Waals surface area (Å²) >= 11 is 0. The molecular weight excluding hydrogens is 466 g/mol. The Morgan fingerprint density at radius 3 is 2.61 bits per heavy atom. The number of esters is 1. The number of aliphatic hydroxyl groups is 1. The summed E-state index contributed by atoms with van der Waals surface area (Å²) in [6.45, 7) is 5.50. The highest BCUT2D eigenvalue weighted by molar-refractivity contribution is 5.99. The highest BCUT2D eigenvalue weighted by Gasteiger charge is 2.71. The van der Waals surface area contributed by atoms with E-state index in [4.69, 9.17) is 14.2 Å². The number of carbonyl (C=O) groups excluding carboxylic acids is 3. The largest absolute Gasteiger partial charge is 0.465 e. The Hall–Kier alpha value is -2.27. The van der Waals surface area contributed by atoms with Gasteiger partial charge in [0.15, 0.2) is 0 Å². The first-order valence-corrected chi connectivity index (χ1v) is 13.3. The fourth-order valence-electron chi connectivity index (χ4n) is 6.25. The van der Waals surface area contributed by atoms with Crippen LogP contribution in [0.4, 0.5) is 0 Å². The van der Waals surface area contributed by atoms with Crippen molar-refractivity contribution in [2.75, 3.05) is 65.7 Å². The molecule has 3 fully saturated rings. The predicted octanol–water partition coefficient (Wildman–Crippen LogP) is -0.0365. The molecule has 10 heteroatoms. The van der Waals surface area contributed by atoms with Crippen LogP contribution in [-0.2, 0) is 28.6 Å². The van der Waals surface area contributed by atoms with Crippen molar-refractivity contribution < 1.29 is 33.7 Å². The van der Waals surface area contributed by atoms with E-state index in [2.05, 4.69) is 4.90 Å². The minimum atomic E-state index is -1.21. The fourth-order valence-corrected chi connectivity index (χ4v) is 6.25. The SMILES string of the molecule is O=C1OCCC=C[C@H]2OC34C=CCN(CCN5CCOCC5)C(=O)[C@H]3N(CCCCCO)C(=O)[C@@H]4C12. The molecule has 36 heavy (non-hydrogen) atoms. The van der Waals surface area contributed by atoms with Crippen LogP contribution in [0.2, 0.25) is 0 Å². The number of ether oxygens (including phenoxy) is 3. The minimum Gasteiger partial charge on any atom is -0.465 e. The van der Waals surface area contributed by atoms with Crippen molar-refractivity contribution in [3.63, 3.8) is 0 Å². The molecule has 0 aromatic heterocycles. The van der Waals surface area contributed by atoms with Crippen molar-refractivity contribution in [1.29, 1.82) is 0 Å². The molecule has 198 valence electrons. The van der Waals surface area contributed by atoms with E-state index >= 15 is 0 Å². The Balaban J connectivity index is 1.43. The van der Waals surface area contributed by atoms with Gasteiger partial charge in [0.05, 0.1) is 31.8 Å². The number of likely N-dealkylation sites (tertiary alicyclic amines) is 1. The van der Waals surface area contributed by atoms with Crippen LogP contribution in [-0.4, -0.2) is 121 Å². The molecule has 0 aromatic rings. The van der Waals surface area contributed by atoms with Crippen LogP contribution >= 0.6 is 0 Å². The van der Waals surface area contributed by atoms with Gasteiger partial charge in [0.1, 0.15) is 17.6 Å². The maximum atomic E-state index is 14.1. The summed E-state index contributed by atoms with van der Waals surface area (Å²) < 4.78 is 17.5. The second-order valence-corrected chi connectivity index (χ2v) is 10.2. The summed E-state index contributed by atoms with van der Waals surface area (Å²) in [5, 5.41) is 9.18. The molecule has 2 unspecified atom stereocenters. The van der Waals surface area contributed by atoms with Crippen molar-refractivity contribution in [1.82, 2.24) is 14.7 Å². The summed E-state index contributed by atoms with van der Waals surface area (Å²) in [5.41, 5.74) is -1.21. The van der Waals surface area contributed by atoms with Gasteiger partial charge < -0.3 is 29.1 Å². The third-order valence-corrected chi connectivity index (χ3v) is 8.05. The third-order valence-electron chi connectivity index (χ3n) is 8.05. The number of carbonyl (C=O) groups is 3. The lowest BCUT2D eigenvalue weighted by atomic mass is 9.77. The van der Waals surface area contributed by atoms with Crippen LogP contribution in [0.15, 0.2) is 24.3 Å². The van der Waals surface area contributed by atoms with Gasteiger partial charge in [-0.2, -0.15) is 0 Å². The van der Waals surface area contributed by atoms with Crippen molar-refractivity contribution in [3.8, 4) is 0 Å². The van der Waals surface area contributed by atoms with Crippen molar-refractivity contribution >= 4 is 17.8 Å². The van der Waals surface area contributed by atoms with Gasteiger partial charge in [-0.25, -0.2) is 0 Å². The zero-order chi connectivity index (χ0) is 25.1. The number of hydrogen-bond donors (Lipinski definition) is 1. The first-order valence-electron chi connectivity index (χ1n) is 13.3. The monoisotopic (exact) mass is 503 g/mol. The van der Waals surface area contributed by atoms with Crippen LogP contribution in [0.25, 0.3) is 0 Å². The topological polar surface area (TPSA) is 109 Å². The van der Waals surface area contributed by atoms with E-state index in [-0.39, 0.29) is 25.0 Å². The van der Waals surface area contributed by atoms with E-state index < -0.39 is 35.6 Å². The van der Waals surface area contributed by atoms with Gasteiger partial charge in [0.25, 0.3) is 0 Å². The zero-order valence-electron chi connectivity index (χ0n) is 20.8. The highest BCUT2D eigenvalue weighted by atomic mass is 16.6. The maximum Gasteiger partial charge on any atom is 0.312 e. The molecule has 0 radical (unpaired) electrons. The highest BCUT2D eigenvalue weighted by Crippen LogP contribution is 2.53. The van der Waals surface area contributed by atoms with E-state index in [1.807, 2.05) is 24.3 Å². The quantitative estimate of drug-likeness (QED) is 0.279. The number of cyclic esters (lactones) is 1. The van der Waals surface area contributed by atoms with E-state index in [1.165, 1.54) is 0 Å². The van der Waals surface area contributed by atoms with E-state index in [0.717, 1.165) is 26.1 Å². The van der Waals surface area contributed by atoms with Gasteiger partial charge in [-0.05, 0) is 25.7 Å². The maximum absolute atomic E-state index is 14.1. The van der Waals surface area contributed by atoms with Crippen LogP contribution in [0.5, 0.6) is 0 Å². The Morgan fingerprint density at radius 2 is 1.81 bits per heavy atom. The Kier molecular flexibility index (Phi) is 7.76. The molecule has 0 aromatic carbocycles. The van der Waals surface area contributed by atoms with Gasteiger partial charge in [0, 0.05) is 45.9 Å². The molecule has 0 bridgehead atoms. The predicted molar refractivity (Wildman–Crippen MR) is 129 cm³/mol. The molecule has 0 saturated carbocycles. The molecule has 5 atom stereocenters. The van der Waals surface area contributed by atoms with Crippen LogP contribution in [0.1, 0.15) is 25.7 Å². The number of aliphatic hydroxyl groups excluding tert-OH is 1. The number of hydrogen-bond acceptors (Lipinski definition) is 8. The molecule has 10 nitrogen and oxygen atoms in total. The average Bonchev–Trinajstić information content (AvgIpc) is 3.25. The van der Waals surface area contributed by atoms with Crippen LogP contribution in [0.3, 0.4) is 0 Å². The molecule has 1 N–H and O–H groups in total. The van der Waals surface area contributed by atoms with Crippen LogP contribution < -0.4 is 0 Å². The summed E-state index contributed by atoms with van der Waals surface area (Å²) in [7, 11) is 0. The summed E-state index contributed by atoms with van der Waals surface area (Å²) in [4.78, 5) is 46.8. The standard InChI is InChI=1S/C26H37N3O7/c30-15-4-1-3-10-29-22-24(32)28(12-11-27-13-17-34-18-14-27)9-6-8-26(22)21(23(29)31)20-19(36-26)7-2-5-16-35-25(20)33/h2,6-8,19-22,30H,1,3-5,9-18H2/t19-,20?,21+,22-,26?/m1/s1. The lowest BCUT2D eigenvalue weighted by Gasteiger charge is -2.36. The Labute approximate surface area is 211 Å². The van der Waals surface area contributed by atoms with Crippen molar-refractivity contribution in [2.45, 2.75) is 43.4 Å². The van der Waals surface area contributed by atoms with Gasteiger partial charge in [-0.1, -0.05) is 24.3 Å². The fraction of sp³-hybridized carbons (Fsp3) is 0.731. The number of unbranched alkanes of at least 4 members (excludes halogenated alkanes) is 2. The summed E-state index contributed by atoms with van der Waals surface area (Å²) in [5.74, 6) is -2.39. The number of morpholine rings is 1. The van der Waals surface area contributed by atoms with E-state index in [1.54, 1.807) is 9.80 Å². The molecule has 5 heterocycles. The molecule has 2 amide bonds. The first kappa shape index (κ1) is 25.4. The molecule has 1 spiro atoms. The summed E-state index contributed by atoms with van der Waals surface area (Å²) in [6.07, 6.45) is 9.59.